The van der Waals surface area contributed by atoms with Crippen molar-refractivity contribution in [2.45, 2.75) is 25.2 Å². The minimum atomic E-state index is -0.903. The van der Waals surface area contributed by atoms with Gasteiger partial charge in [0.1, 0.15) is 0 Å². The molecule has 15 heavy (non-hydrogen) atoms. The van der Waals surface area contributed by atoms with E-state index in [9.17, 15) is 9.90 Å². The van der Waals surface area contributed by atoms with Crippen molar-refractivity contribution in [3.63, 3.8) is 0 Å². The Hall–Kier alpha value is -1.35. The molecule has 0 aromatic heterocycles. The van der Waals surface area contributed by atoms with E-state index in [0.717, 1.165) is 24.8 Å². The molecule has 1 aromatic rings. The van der Waals surface area contributed by atoms with Gasteiger partial charge in [0.25, 0.3) is 0 Å². The highest BCUT2D eigenvalue weighted by atomic mass is 16.4. The number of hydrogen-bond donors (Lipinski definition) is 2. The molecule has 80 valence electrons. The molecule has 0 bridgehead atoms. The molecule has 0 saturated heterocycles. The zero-order valence-corrected chi connectivity index (χ0v) is 8.44. The van der Waals surface area contributed by atoms with E-state index < -0.39 is 5.97 Å². The third-order valence-corrected chi connectivity index (χ3v) is 3.05. The van der Waals surface area contributed by atoms with Crippen LogP contribution >= 0.6 is 0 Å². The Bertz CT molecular complexity index is 384. The fourth-order valence-corrected chi connectivity index (χ4v) is 2.22. The van der Waals surface area contributed by atoms with Gasteiger partial charge in [0.05, 0.1) is 5.56 Å². The van der Waals surface area contributed by atoms with Crippen LogP contribution in [0.25, 0.3) is 0 Å². The van der Waals surface area contributed by atoms with Gasteiger partial charge in [0, 0.05) is 12.5 Å². The number of aliphatic hydroxyl groups is 1. The molecule has 3 heteroatoms. The third kappa shape index (κ3) is 1.88. The normalized spacial score (nSPS) is 19.7. The van der Waals surface area contributed by atoms with Gasteiger partial charge < -0.3 is 10.2 Å². The first-order chi connectivity index (χ1) is 7.22. The van der Waals surface area contributed by atoms with E-state index in [1.807, 2.05) is 6.07 Å². The molecule has 0 saturated carbocycles. The number of rotatable bonds is 2. The maximum Gasteiger partial charge on any atom is 0.335 e. The van der Waals surface area contributed by atoms with E-state index in [0.29, 0.717) is 5.56 Å². The van der Waals surface area contributed by atoms with Crippen LogP contribution in [-0.2, 0) is 6.42 Å². The molecule has 2 rings (SSSR count). The molecule has 3 nitrogen and oxygen atoms in total. The molecule has 0 radical (unpaired) electrons. The number of benzene rings is 1. The number of fused-ring (bicyclic) bond motifs is 1. The van der Waals surface area contributed by atoms with Gasteiger partial charge in [-0.3, -0.25) is 0 Å². The summed E-state index contributed by atoms with van der Waals surface area (Å²) < 4.78 is 0. The monoisotopic (exact) mass is 206 g/mol. The molecular weight excluding hydrogens is 192 g/mol. The first-order valence-corrected chi connectivity index (χ1v) is 5.19. The number of aromatic carboxylic acids is 1. The van der Waals surface area contributed by atoms with Crippen LogP contribution in [0, 0.1) is 0 Å². The van der Waals surface area contributed by atoms with Crippen molar-refractivity contribution in [2.24, 2.45) is 0 Å². The van der Waals surface area contributed by atoms with Gasteiger partial charge in [-0.1, -0.05) is 6.07 Å². The average molecular weight is 206 g/mol. The lowest BCUT2D eigenvalue weighted by atomic mass is 9.82. The summed E-state index contributed by atoms with van der Waals surface area (Å²) in [6, 6.07) is 5.22. The minimum absolute atomic E-state index is 0.107. The van der Waals surface area contributed by atoms with E-state index >= 15 is 0 Å². The van der Waals surface area contributed by atoms with Crippen LogP contribution in [0.15, 0.2) is 18.2 Å². The van der Waals surface area contributed by atoms with Crippen LogP contribution in [0.4, 0.5) is 0 Å². The van der Waals surface area contributed by atoms with Gasteiger partial charge in [0.2, 0.25) is 0 Å². The molecule has 1 aliphatic carbocycles. The second-order valence-electron chi connectivity index (χ2n) is 3.99. The Morgan fingerprint density at radius 3 is 2.93 bits per heavy atom. The lowest BCUT2D eigenvalue weighted by Crippen LogP contribution is -2.14. The standard InChI is InChI=1S/C12H14O3/c13-7-10-3-1-2-8-4-5-9(12(14)15)6-11(8)10/h4-6,10,13H,1-3,7H2,(H,14,15). The summed E-state index contributed by atoms with van der Waals surface area (Å²) in [5.74, 6) is -0.784. The molecule has 0 heterocycles. The maximum absolute atomic E-state index is 10.8. The van der Waals surface area contributed by atoms with Crippen molar-refractivity contribution in [3.8, 4) is 0 Å². The van der Waals surface area contributed by atoms with Crippen molar-refractivity contribution >= 4 is 5.97 Å². The third-order valence-electron chi connectivity index (χ3n) is 3.05. The molecule has 2 N–H and O–H groups in total. The number of aliphatic hydroxyl groups excluding tert-OH is 1. The number of hydrogen-bond acceptors (Lipinski definition) is 2. The van der Waals surface area contributed by atoms with E-state index in [4.69, 9.17) is 5.11 Å². The smallest absolute Gasteiger partial charge is 0.335 e. The second-order valence-corrected chi connectivity index (χ2v) is 3.99. The highest BCUT2D eigenvalue weighted by Gasteiger charge is 2.20. The molecule has 0 aliphatic heterocycles. The summed E-state index contributed by atoms with van der Waals surface area (Å²) in [7, 11) is 0. The molecule has 1 aromatic carbocycles. The highest BCUT2D eigenvalue weighted by Crippen LogP contribution is 2.31. The largest absolute Gasteiger partial charge is 0.478 e. The predicted molar refractivity (Wildman–Crippen MR) is 56.2 cm³/mol. The highest BCUT2D eigenvalue weighted by molar-refractivity contribution is 5.88. The Labute approximate surface area is 88.4 Å². The summed E-state index contributed by atoms with van der Waals surface area (Å²) in [6.07, 6.45) is 3.02. The molecule has 1 atom stereocenters. The predicted octanol–water partition coefficient (Wildman–Crippen LogP) is 1.80. The minimum Gasteiger partial charge on any atom is -0.478 e. The Morgan fingerprint density at radius 1 is 1.47 bits per heavy atom. The fourth-order valence-electron chi connectivity index (χ4n) is 2.22. The summed E-state index contributed by atoms with van der Waals surface area (Å²) in [5.41, 5.74) is 2.52. The second kappa shape index (κ2) is 4.03. The summed E-state index contributed by atoms with van der Waals surface area (Å²) >= 11 is 0. The molecule has 0 spiro atoms. The van der Waals surface area contributed by atoms with Crippen molar-refractivity contribution in [3.05, 3.63) is 34.9 Å². The number of carbonyl (C=O) groups is 1. The van der Waals surface area contributed by atoms with Gasteiger partial charge in [-0.25, -0.2) is 4.79 Å². The van der Waals surface area contributed by atoms with Crippen LogP contribution in [0.2, 0.25) is 0 Å². The van der Waals surface area contributed by atoms with E-state index in [-0.39, 0.29) is 12.5 Å². The summed E-state index contributed by atoms with van der Waals surface area (Å²) in [5, 5.41) is 18.1. The van der Waals surface area contributed by atoms with Crippen LogP contribution in [0.5, 0.6) is 0 Å². The van der Waals surface area contributed by atoms with Gasteiger partial charge >= 0.3 is 5.97 Å². The number of aryl methyl sites for hydroxylation is 1. The first-order valence-electron chi connectivity index (χ1n) is 5.19. The summed E-state index contributed by atoms with van der Waals surface area (Å²) in [4.78, 5) is 10.8. The topological polar surface area (TPSA) is 57.5 Å². The van der Waals surface area contributed by atoms with E-state index in [1.165, 1.54) is 5.56 Å². The fraction of sp³-hybridized carbons (Fsp3) is 0.417. The lowest BCUT2D eigenvalue weighted by Gasteiger charge is -2.24. The van der Waals surface area contributed by atoms with Crippen molar-refractivity contribution in [2.75, 3.05) is 6.61 Å². The number of carboxylic acid groups (broad SMARTS) is 1. The maximum atomic E-state index is 10.8. The van der Waals surface area contributed by atoms with Crippen LogP contribution in [0.1, 0.15) is 40.2 Å². The zero-order valence-electron chi connectivity index (χ0n) is 8.44. The van der Waals surface area contributed by atoms with Gasteiger partial charge in [-0.15, -0.1) is 0 Å². The van der Waals surface area contributed by atoms with Crippen LogP contribution in [0.3, 0.4) is 0 Å². The SMILES string of the molecule is O=C(O)c1ccc2c(c1)C(CO)CCC2. The Kier molecular flexibility index (Phi) is 2.73. The molecule has 0 fully saturated rings. The van der Waals surface area contributed by atoms with Crippen LogP contribution < -0.4 is 0 Å². The molecule has 1 unspecified atom stereocenters. The Morgan fingerprint density at radius 2 is 2.27 bits per heavy atom. The van der Waals surface area contributed by atoms with E-state index in [2.05, 4.69) is 0 Å². The van der Waals surface area contributed by atoms with Crippen LogP contribution in [-0.4, -0.2) is 22.8 Å². The van der Waals surface area contributed by atoms with Gasteiger partial charge in [-0.05, 0) is 42.5 Å². The van der Waals surface area contributed by atoms with Gasteiger partial charge in [0.15, 0.2) is 0 Å². The molecular formula is C12H14O3. The average Bonchev–Trinajstić information content (AvgIpc) is 2.27. The summed E-state index contributed by atoms with van der Waals surface area (Å²) in [6.45, 7) is 0.107. The van der Waals surface area contributed by atoms with Crippen molar-refractivity contribution in [1.82, 2.24) is 0 Å². The van der Waals surface area contributed by atoms with E-state index in [1.54, 1.807) is 12.1 Å². The lowest BCUT2D eigenvalue weighted by molar-refractivity contribution is 0.0696. The first kappa shape index (κ1) is 10.2. The van der Waals surface area contributed by atoms with Crippen molar-refractivity contribution in [1.29, 1.82) is 0 Å². The Balaban J connectivity index is 2.43. The zero-order chi connectivity index (χ0) is 10.8. The molecule has 0 amide bonds. The number of carboxylic acids is 1. The molecule has 1 aliphatic rings. The van der Waals surface area contributed by atoms with Gasteiger partial charge in [-0.2, -0.15) is 0 Å². The quantitative estimate of drug-likeness (QED) is 0.775. The van der Waals surface area contributed by atoms with Crippen molar-refractivity contribution < 1.29 is 15.0 Å².